The molecule has 0 radical (unpaired) electrons. The number of aryl methyl sites for hydroxylation is 2. The molecule has 2 aromatic rings. The smallest absolute Gasteiger partial charge is 0.270 e. The molecule has 0 spiro atoms. The number of non-ortho nitro benzene ring substituents is 1. The fraction of sp³-hybridized carbons (Fsp3) is 0.188. The minimum atomic E-state index is -0.435. The molecule has 0 aliphatic carbocycles. The molecule has 0 bridgehead atoms. The summed E-state index contributed by atoms with van der Waals surface area (Å²) in [5.41, 5.74) is 2.96. The number of anilines is 1. The average Bonchev–Trinajstić information content (AvgIpc) is 2.43. The maximum Gasteiger partial charge on any atom is 0.270 e. The first kappa shape index (κ1) is 14.7. The quantitative estimate of drug-likeness (QED) is 0.691. The van der Waals surface area contributed by atoms with Crippen LogP contribution in [0.1, 0.15) is 16.7 Å². The number of nitro benzene ring substituents is 1. The third-order valence-electron chi connectivity index (χ3n) is 3.20. The summed E-state index contributed by atoms with van der Waals surface area (Å²) >= 11 is 0. The summed E-state index contributed by atoms with van der Waals surface area (Å²) in [5.74, 6) is -0.138. The van der Waals surface area contributed by atoms with Crippen molar-refractivity contribution in [1.82, 2.24) is 0 Å². The molecule has 5 heteroatoms. The number of nitrogens with one attached hydrogen (secondary N) is 1. The van der Waals surface area contributed by atoms with E-state index < -0.39 is 4.92 Å². The Bertz CT molecular complexity index is 658. The standard InChI is InChI=1S/C16H16N2O3/c1-11-8-14(18(20)21)9-12(2)16(11)17-15(19)10-13-6-4-3-5-7-13/h3-9H,10H2,1-2H3,(H,17,19). The molecule has 0 aromatic heterocycles. The van der Waals surface area contributed by atoms with Crippen LogP contribution in [0.5, 0.6) is 0 Å². The van der Waals surface area contributed by atoms with Crippen LogP contribution in [0.15, 0.2) is 42.5 Å². The molecule has 0 heterocycles. The molecule has 21 heavy (non-hydrogen) atoms. The van der Waals surface area contributed by atoms with Gasteiger partial charge in [-0.25, -0.2) is 0 Å². The van der Waals surface area contributed by atoms with Crippen LogP contribution in [0.25, 0.3) is 0 Å². The number of nitro groups is 1. The molecule has 1 amide bonds. The van der Waals surface area contributed by atoms with E-state index in [2.05, 4.69) is 5.32 Å². The van der Waals surface area contributed by atoms with Gasteiger partial charge in [0.05, 0.1) is 11.3 Å². The van der Waals surface area contributed by atoms with Crippen molar-refractivity contribution in [1.29, 1.82) is 0 Å². The van der Waals surface area contributed by atoms with Crippen molar-refractivity contribution in [3.63, 3.8) is 0 Å². The molecular weight excluding hydrogens is 268 g/mol. The molecular formula is C16H16N2O3. The molecule has 0 atom stereocenters. The Labute approximate surface area is 122 Å². The summed E-state index contributed by atoms with van der Waals surface area (Å²) in [5, 5.41) is 13.6. The Balaban J connectivity index is 2.16. The van der Waals surface area contributed by atoms with E-state index in [1.807, 2.05) is 30.3 Å². The van der Waals surface area contributed by atoms with Crippen molar-refractivity contribution in [3.8, 4) is 0 Å². The lowest BCUT2D eigenvalue weighted by Crippen LogP contribution is -2.16. The minimum absolute atomic E-state index is 0.0334. The lowest BCUT2D eigenvalue weighted by atomic mass is 10.1. The summed E-state index contributed by atoms with van der Waals surface area (Å²) in [4.78, 5) is 22.4. The second-order valence-electron chi connectivity index (χ2n) is 4.92. The highest BCUT2D eigenvalue weighted by Crippen LogP contribution is 2.26. The number of carbonyl (C=O) groups is 1. The van der Waals surface area contributed by atoms with Crippen molar-refractivity contribution >= 4 is 17.3 Å². The topological polar surface area (TPSA) is 72.2 Å². The van der Waals surface area contributed by atoms with Crippen LogP contribution in [-0.2, 0) is 11.2 Å². The van der Waals surface area contributed by atoms with E-state index in [0.29, 0.717) is 16.8 Å². The fourth-order valence-corrected chi connectivity index (χ4v) is 2.21. The second-order valence-corrected chi connectivity index (χ2v) is 4.92. The maximum atomic E-state index is 12.1. The van der Waals surface area contributed by atoms with Gasteiger partial charge in [0.2, 0.25) is 5.91 Å². The van der Waals surface area contributed by atoms with Gasteiger partial charge in [-0.2, -0.15) is 0 Å². The van der Waals surface area contributed by atoms with Crippen LogP contribution in [0.3, 0.4) is 0 Å². The van der Waals surface area contributed by atoms with E-state index in [-0.39, 0.29) is 18.0 Å². The summed E-state index contributed by atoms with van der Waals surface area (Å²) < 4.78 is 0. The SMILES string of the molecule is Cc1cc([N+](=O)[O-])cc(C)c1NC(=O)Cc1ccccc1. The Kier molecular flexibility index (Phi) is 4.33. The maximum absolute atomic E-state index is 12.1. The normalized spacial score (nSPS) is 10.2. The number of rotatable bonds is 4. The van der Waals surface area contributed by atoms with Crippen molar-refractivity contribution in [2.75, 3.05) is 5.32 Å². The molecule has 108 valence electrons. The van der Waals surface area contributed by atoms with E-state index >= 15 is 0 Å². The molecule has 2 aromatic carbocycles. The first-order chi connectivity index (χ1) is 9.97. The summed E-state index contributed by atoms with van der Waals surface area (Å²) in [6.45, 7) is 3.50. The van der Waals surface area contributed by atoms with Crippen LogP contribution >= 0.6 is 0 Å². The molecule has 0 aliphatic rings. The second kappa shape index (κ2) is 6.17. The van der Waals surface area contributed by atoms with E-state index in [1.165, 1.54) is 12.1 Å². The number of hydrogen-bond donors (Lipinski definition) is 1. The van der Waals surface area contributed by atoms with Crippen molar-refractivity contribution in [2.45, 2.75) is 20.3 Å². The van der Waals surface area contributed by atoms with E-state index in [1.54, 1.807) is 13.8 Å². The van der Waals surface area contributed by atoms with Crippen molar-refractivity contribution in [3.05, 3.63) is 69.3 Å². The van der Waals surface area contributed by atoms with Gasteiger partial charge in [-0.15, -0.1) is 0 Å². The van der Waals surface area contributed by atoms with Crippen LogP contribution in [-0.4, -0.2) is 10.8 Å². The third-order valence-corrected chi connectivity index (χ3v) is 3.20. The first-order valence-electron chi connectivity index (χ1n) is 6.57. The Morgan fingerprint density at radius 1 is 1.14 bits per heavy atom. The van der Waals surface area contributed by atoms with Gasteiger partial charge in [0, 0.05) is 17.8 Å². The number of carbonyl (C=O) groups excluding carboxylic acids is 1. The number of hydrogen-bond acceptors (Lipinski definition) is 3. The predicted octanol–water partition coefficient (Wildman–Crippen LogP) is 3.39. The zero-order valence-electron chi connectivity index (χ0n) is 11.9. The van der Waals surface area contributed by atoms with Gasteiger partial charge < -0.3 is 5.32 Å². The number of amides is 1. The van der Waals surface area contributed by atoms with Gasteiger partial charge in [-0.05, 0) is 30.5 Å². The summed E-state index contributed by atoms with van der Waals surface area (Å²) in [7, 11) is 0. The first-order valence-corrected chi connectivity index (χ1v) is 6.57. The van der Waals surface area contributed by atoms with Gasteiger partial charge in [-0.3, -0.25) is 14.9 Å². The highest BCUT2D eigenvalue weighted by molar-refractivity contribution is 5.94. The lowest BCUT2D eigenvalue weighted by molar-refractivity contribution is -0.384. The predicted molar refractivity (Wildman–Crippen MR) is 81.3 cm³/mol. The minimum Gasteiger partial charge on any atom is -0.325 e. The van der Waals surface area contributed by atoms with Crippen LogP contribution in [0.4, 0.5) is 11.4 Å². The Hall–Kier alpha value is -2.69. The lowest BCUT2D eigenvalue weighted by Gasteiger charge is -2.11. The van der Waals surface area contributed by atoms with Gasteiger partial charge >= 0.3 is 0 Å². The van der Waals surface area contributed by atoms with Gasteiger partial charge in [0.25, 0.3) is 5.69 Å². The van der Waals surface area contributed by atoms with Crippen molar-refractivity contribution < 1.29 is 9.72 Å². The molecule has 0 fully saturated rings. The van der Waals surface area contributed by atoms with Gasteiger partial charge in [0.1, 0.15) is 0 Å². The van der Waals surface area contributed by atoms with E-state index in [4.69, 9.17) is 0 Å². The molecule has 0 saturated carbocycles. The van der Waals surface area contributed by atoms with Gasteiger partial charge in [0.15, 0.2) is 0 Å². The van der Waals surface area contributed by atoms with Crippen molar-refractivity contribution in [2.24, 2.45) is 0 Å². The van der Waals surface area contributed by atoms with Crippen LogP contribution in [0, 0.1) is 24.0 Å². The monoisotopic (exact) mass is 284 g/mol. The molecule has 2 rings (SSSR count). The highest BCUT2D eigenvalue weighted by Gasteiger charge is 2.14. The molecule has 5 nitrogen and oxygen atoms in total. The Morgan fingerprint density at radius 2 is 1.71 bits per heavy atom. The summed E-state index contributed by atoms with van der Waals surface area (Å²) in [6.07, 6.45) is 0.275. The molecule has 0 aliphatic heterocycles. The van der Waals surface area contributed by atoms with Gasteiger partial charge in [-0.1, -0.05) is 30.3 Å². The molecule has 0 saturated heterocycles. The van der Waals surface area contributed by atoms with Crippen LogP contribution in [0.2, 0.25) is 0 Å². The zero-order chi connectivity index (χ0) is 15.4. The number of benzene rings is 2. The zero-order valence-corrected chi connectivity index (χ0v) is 11.9. The van der Waals surface area contributed by atoms with E-state index in [0.717, 1.165) is 5.56 Å². The fourth-order valence-electron chi connectivity index (χ4n) is 2.21. The highest BCUT2D eigenvalue weighted by atomic mass is 16.6. The number of nitrogens with zero attached hydrogens (tertiary/aromatic N) is 1. The third kappa shape index (κ3) is 3.66. The molecule has 0 unspecified atom stereocenters. The summed E-state index contributed by atoms with van der Waals surface area (Å²) in [6, 6.07) is 12.3. The Morgan fingerprint density at radius 3 is 2.24 bits per heavy atom. The van der Waals surface area contributed by atoms with Crippen LogP contribution < -0.4 is 5.32 Å². The molecule has 1 N–H and O–H groups in total. The largest absolute Gasteiger partial charge is 0.325 e. The van der Waals surface area contributed by atoms with E-state index in [9.17, 15) is 14.9 Å². The average molecular weight is 284 g/mol.